The van der Waals surface area contributed by atoms with Gasteiger partial charge in [-0.2, -0.15) is 0 Å². The molecule has 8 heteroatoms. The van der Waals surface area contributed by atoms with Crippen LogP contribution in [0.2, 0.25) is 0 Å². The molecule has 4 N–H and O–H groups in total. The number of nitrogens with two attached hydrogens (primary N) is 1. The van der Waals surface area contributed by atoms with E-state index >= 15 is 0 Å². The second-order valence-corrected chi connectivity index (χ2v) is 4.27. The third-order valence-electron chi connectivity index (χ3n) is 2.87. The normalized spacial score (nSPS) is 24.9. The molecular formula is C11H15Br2N3O3. The molecule has 2 rings (SSSR count). The molecule has 1 saturated heterocycles. The van der Waals surface area contributed by atoms with Gasteiger partial charge < -0.3 is 33.1 Å². The minimum absolute atomic E-state index is 0. The highest BCUT2D eigenvalue weighted by Crippen LogP contribution is 2.18. The fourth-order valence-electron chi connectivity index (χ4n) is 1.96. The molecule has 0 spiro atoms. The zero-order valence-corrected chi connectivity index (χ0v) is 13.3. The zero-order valence-electron chi connectivity index (χ0n) is 9.95. The number of carbonyl (C=O) groups is 2. The number of amides is 1. The first-order chi connectivity index (χ1) is 8.01. The minimum atomic E-state index is -1.16. The molecule has 106 valence electrons. The van der Waals surface area contributed by atoms with Crippen LogP contribution in [0.5, 0.6) is 0 Å². The smallest absolute Gasteiger partial charge is 0.326 e. The third kappa shape index (κ3) is 3.99. The van der Waals surface area contributed by atoms with E-state index in [1.165, 1.54) is 0 Å². The summed E-state index contributed by atoms with van der Waals surface area (Å²) in [7, 11) is 0. The summed E-state index contributed by atoms with van der Waals surface area (Å²) in [5, 5.41) is 11.2. The third-order valence-corrected chi connectivity index (χ3v) is 2.87. The van der Waals surface area contributed by atoms with E-state index in [-0.39, 0.29) is 46.9 Å². The molecule has 0 aliphatic carbocycles. The maximum absolute atomic E-state index is 11.7. The monoisotopic (exact) mass is 395 g/mol. The molecule has 0 unspecified atom stereocenters. The van der Waals surface area contributed by atoms with E-state index in [9.17, 15) is 9.59 Å². The number of pyridine rings is 1. The van der Waals surface area contributed by atoms with E-state index in [0.29, 0.717) is 0 Å². The van der Waals surface area contributed by atoms with Crippen LogP contribution in [-0.2, 0) is 16.1 Å². The van der Waals surface area contributed by atoms with Crippen LogP contribution in [0, 0.1) is 0 Å². The molecule has 0 aromatic carbocycles. The Hall–Kier alpha value is -0.990. The van der Waals surface area contributed by atoms with Crippen LogP contribution >= 0.6 is 17.0 Å². The van der Waals surface area contributed by atoms with Crippen LogP contribution in [0.15, 0.2) is 30.6 Å². The van der Waals surface area contributed by atoms with E-state index < -0.39 is 23.5 Å². The van der Waals surface area contributed by atoms with Crippen LogP contribution in [0.25, 0.3) is 0 Å². The molecule has 6 nitrogen and oxygen atoms in total. The van der Waals surface area contributed by atoms with Gasteiger partial charge in [0, 0.05) is 18.6 Å². The van der Waals surface area contributed by atoms with E-state index in [1.54, 1.807) is 17.0 Å². The number of carboxylic acid groups (broad SMARTS) is 1. The Labute approximate surface area is 131 Å². The van der Waals surface area contributed by atoms with Crippen LogP contribution in [0.1, 0.15) is 6.42 Å². The molecule has 1 fully saturated rings. The van der Waals surface area contributed by atoms with Gasteiger partial charge in [0.1, 0.15) is 6.04 Å². The summed E-state index contributed by atoms with van der Waals surface area (Å²) in [6, 6.07) is 4.61. The first kappa shape index (κ1) is 18.0. The zero-order chi connectivity index (χ0) is 12.5. The Morgan fingerprint density at radius 1 is 1.47 bits per heavy atom. The summed E-state index contributed by atoms with van der Waals surface area (Å²) in [5.74, 6) is -1.47. The summed E-state index contributed by atoms with van der Waals surface area (Å²) in [6.45, 7) is 0.267. The second kappa shape index (κ2) is 6.97. The average molecular weight is 397 g/mol. The molecular weight excluding hydrogens is 382 g/mol. The highest BCUT2D eigenvalue weighted by molar-refractivity contribution is 8.93. The van der Waals surface area contributed by atoms with Crippen LogP contribution in [-0.4, -0.2) is 28.6 Å². The predicted octanol–water partition coefficient (Wildman–Crippen LogP) is -3.77. The van der Waals surface area contributed by atoms with Crippen LogP contribution in [0.4, 0.5) is 0 Å². The van der Waals surface area contributed by atoms with Gasteiger partial charge in [-0.1, -0.05) is 6.07 Å². The van der Waals surface area contributed by atoms with Gasteiger partial charge in [0.2, 0.25) is 5.91 Å². The van der Waals surface area contributed by atoms with E-state index in [1.807, 2.05) is 18.2 Å². The summed E-state index contributed by atoms with van der Waals surface area (Å²) < 4.78 is 1.77. The summed E-state index contributed by atoms with van der Waals surface area (Å²) in [6.07, 6.45) is 3.68. The lowest BCUT2D eigenvalue weighted by Gasteiger charge is -2.16. The standard InChI is InChI=1S/C11H13N3O3.2BrH/c12-11(7-14-4-2-1-3-5-14)6-8(9(15)16)13-10(11)17;;/h1-5,8H,6-7,12H2,(H-,13,15,16,17);2*1H/t8-,11+;;/m0../s1. The van der Waals surface area contributed by atoms with Crippen molar-refractivity contribution in [3.63, 3.8) is 0 Å². The fraction of sp³-hybridized carbons (Fsp3) is 0.364. The van der Waals surface area contributed by atoms with Gasteiger partial charge in [0.25, 0.3) is 0 Å². The molecule has 2 atom stereocenters. The number of hydrogen-bond donors (Lipinski definition) is 3. The predicted molar refractivity (Wildman–Crippen MR) is 68.1 cm³/mol. The average Bonchev–Trinajstić information content (AvgIpc) is 2.57. The van der Waals surface area contributed by atoms with Crippen molar-refractivity contribution in [1.82, 2.24) is 5.32 Å². The van der Waals surface area contributed by atoms with Crippen LogP contribution < -0.4 is 32.6 Å². The Morgan fingerprint density at radius 2 is 2.05 bits per heavy atom. The maximum atomic E-state index is 11.7. The maximum Gasteiger partial charge on any atom is 0.326 e. The van der Waals surface area contributed by atoms with Gasteiger partial charge in [-0.15, -0.1) is 17.0 Å². The number of carbonyl (C=O) groups excluding carboxylic acids is 1. The molecule has 1 aromatic rings. The minimum Gasteiger partial charge on any atom is -1.00 e. The number of carboxylic acids is 1. The summed E-state index contributed by atoms with van der Waals surface area (Å²) in [4.78, 5) is 22.5. The summed E-state index contributed by atoms with van der Waals surface area (Å²) >= 11 is 0. The van der Waals surface area contributed by atoms with Crippen molar-refractivity contribution in [1.29, 1.82) is 0 Å². The van der Waals surface area contributed by atoms with Gasteiger partial charge in [-0.3, -0.25) is 4.79 Å². The number of rotatable bonds is 3. The van der Waals surface area contributed by atoms with Crippen molar-refractivity contribution in [2.45, 2.75) is 24.5 Å². The molecule has 19 heavy (non-hydrogen) atoms. The molecule has 0 bridgehead atoms. The first-order valence-corrected chi connectivity index (χ1v) is 5.28. The highest BCUT2D eigenvalue weighted by atomic mass is 79.9. The van der Waals surface area contributed by atoms with E-state index in [0.717, 1.165) is 0 Å². The Bertz CT molecular complexity index is 458. The molecule has 2 heterocycles. The number of hydrogen-bond acceptors (Lipinski definition) is 3. The number of aromatic nitrogens is 1. The number of nitrogens with zero attached hydrogens (tertiary/aromatic N) is 1. The topological polar surface area (TPSA) is 96.3 Å². The summed E-state index contributed by atoms with van der Waals surface area (Å²) in [5.41, 5.74) is 4.81. The number of nitrogens with one attached hydrogen (secondary N) is 1. The molecule has 1 aromatic heterocycles. The lowest BCUT2D eigenvalue weighted by molar-refractivity contribution is -0.701. The van der Waals surface area contributed by atoms with Crippen molar-refractivity contribution in [3.05, 3.63) is 30.6 Å². The van der Waals surface area contributed by atoms with Gasteiger partial charge in [-0.25, -0.2) is 9.36 Å². The molecule has 0 radical (unpaired) electrons. The lowest BCUT2D eigenvalue weighted by Crippen LogP contribution is -3.00. The molecule has 1 aliphatic rings. The first-order valence-electron chi connectivity index (χ1n) is 5.28. The second-order valence-electron chi connectivity index (χ2n) is 4.27. The van der Waals surface area contributed by atoms with Crippen molar-refractivity contribution in [2.75, 3.05) is 0 Å². The van der Waals surface area contributed by atoms with Gasteiger partial charge in [-0.05, 0) is 0 Å². The molecule has 1 amide bonds. The van der Waals surface area contributed by atoms with E-state index in [4.69, 9.17) is 10.8 Å². The number of halogens is 2. The largest absolute Gasteiger partial charge is 1.00 e. The van der Waals surface area contributed by atoms with Crippen molar-refractivity contribution in [3.8, 4) is 0 Å². The van der Waals surface area contributed by atoms with Gasteiger partial charge >= 0.3 is 5.97 Å². The number of aliphatic carboxylic acids is 1. The Balaban J connectivity index is 0.00000162. The Morgan fingerprint density at radius 3 is 2.53 bits per heavy atom. The van der Waals surface area contributed by atoms with Crippen molar-refractivity contribution < 1.29 is 36.2 Å². The molecule has 1 aliphatic heterocycles. The van der Waals surface area contributed by atoms with Crippen LogP contribution in [0.3, 0.4) is 0 Å². The SMILES string of the molecule is Br.N[C@@]1(C[n+]2ccccc2)C[C@@H](C(=O)O)NC1=O.[Br-]. The van der Waals surface area contributed by atoms with Crippen molar-refractivity contribution >= 4 is 28.9 Å². The van der Waals surface area contributed by atoms with Crippen molar-refractivity contribution in [2.24, 2.45) is 5.73 Å². The van der Waals surface area contributed by atoms with Gasteiger partial charge in [0.15, 0.2) is 24.5 Å². The fourth-order valence-corrected chi connectivity index (χ4v) is 1.96. The van der Waals surface area contributed by atoms with Gasteiger partial charge in [0.05, 0.1) is 0 Å². The Kier molecular flexibility index (Phi) is 6.61. The van der Waals surface area contributed by atoms with E-state index in [2.05, 4.69) is 5.32 Å². The quantitative estimate of drug-likeness (QED) is 0.457. The molecule has 0 saturated carbocycles. The highest BCUT2D eigenvalue weighted by Gasteiger charge is 2.49. The lowest BCUT2D eigenvalue weighted by atomic mass is 9.96.